The Hall–Kier alpha value is -6.16. The Labute approximate surface area is 301 Å². The van der Waals surface area contributed by atoms with Crippen LogP contribution in [0.1, 0.15) is 23.6 Å². The Morgan fingerprint density at radius 2 is 1.04 bits per heavy atom. The lowest BCUT2D eigenvalue weighted by molar-refractivity contribution is 0.714. The van der Waals surface area contributed by atoms with E-state index in [-0.39, 0.29) is 5.41 Å². The van der Waals surface area contributed by atoms with Crippen molar-refractivity contribution in [3.05, 3.63) is 193 Å². The minimum absolute atomic E-state index is 0.241. The Balaban J connectivity index is 1.13. The number of thiophene rings is 1. The second-order valence-electron chi connectivity index (χ2n) is 13.5. The second kappa shape index (κ2) is 11.7. The van der Waals surface area contributed by atoms with E-state index in [0.29, 0.717) is 0 Å². The molecule has 1 aliphatic carbocycles. The lowest BCUT2D eigenvalue weighted by Crippen LogP contribution is -2.22. The van der Waals surface area contributed by atoms with E-state index in [9.17, 15) is 0 Å². The van der Waals surface area contributed by atoms with Crippen molar-refractivity contribution in [2.75, 3.05) is 0 Å². The molecule has 2 heterocycles. The molecule has 0 saturated heterocycles. The van der Waals surface area contributed by atoms with Crippen molar-refractivity contribution in [1.29, 1.82) is 0 Å². The molecule has 0 bridgehead atoms. The topological polar surface area (TPSA) is 25.8 Å². The predicted molar refractivity (Wildman–Crippen MR) is 214 cm³/mol. The summed E-state index contributed by atoms with van der Waals surface area (Å²) in [5.41, 5.74) is 13.6. The van der Waals surface area contributed by atoms with Crippen LogP contribution in [0.25, 0.3) is 76.3 Å². The van der Waals surface area contributed by atoms with Gasteiger partial charge in [-0.2, -0.15) is 0 Å². The monoisotopic (exact) mass is 668 g/mol. The highest BCUT2D eigenvalue weighted by Gasteiger charge is 2.40. The van der Waals surface area contributed by atoms with Crippen LogP contribution < -0.4 is 0 Å². The zero-order valence-corrected chi connectivity index (χ0v) is 28.9. The van der Waals surface area contributed by atoms with Crippen LogP contribution in [0.15, 0.2) is 176 Å². The van der Waals surface area contributed by atoms with Gasteiger partial charge in [0.15, 0.2) is 5.82 Å². The van der Waals surface area contributed by atoms with Crippen LogP contribution in [-0.2, 0) is 5.41 Å². The van der Waals surface area contributed by atoms with E-state index >= 15 is 0 Å². The normalized spacial score (nSPS) is 14.8. The van der Waals surface area contributed by atoms with E-state index in [1.807, 2.05) is 29.5 Å². The number of hydrogen-bond donors (Lipinski definition) is 0. The molecule has 0 amide bonds. The molecular weight excluding hydrogens is 637 g/mol. The largest absolute Gasteiger partial charge is 0.228 e. The maximum absolute atomic E-state index is 5.21. The highest BCUT2D eigenvalue weighted by Crippen LogP contribution is 2.53. The standard InChI is InChI=1S/C48H32N2S/c1-48(35-18-6-3-7-19-35)41-24-10-8-20-37(41)40-29-34(26-27-42(40)48)44-30-43(49-47(50-44)31-14-4-2-5-15-31)33-17-12-16-32(28-33)36-22-13-23-39-38-21-9-11-25-45(38)51-46(36)39/h2-30H,1H3. The number of hydrogen-bond acceptors (Lipinski definition) is 3. The SMILES string of the molecule is CC1(c2ccccc2)c2ccccc2-c2cc(-c3cc(-c4cccc(-c5cccc6c5sc5ccccc56)c4)nc(-c4ccccc4)n3)ccc21. The Morgan fingerprint density at radius 3 is 1.88 bits per heavy atom. The van der Waals surface area contributed by atoms with E-state index in [4.69, 9.17) is 9.97 Å². The zero-order valence-electron chi connectivity index (χ0n) is 28.0. The molecule has 1 unspecified atom stereocenters. The summed E-state index contributed by atoms with van der Waals surface area (Å²) in [4.78, 5) is 10.4. The van der Waals surface area contributed by atoms with Crippen LogP contribution in [0.4, 0.5) is 0 Å². The van der Waals surface area contributed by atoms with Gasteiger partial charge in [0.25, 0.3) is 0 Å². The first-order chi connectivity index (χ1) is 25.1. The summed E-state index contributed by atoms with van der Waals surface area (Å²) in [5, 5.41) is 2.61. The molecule has 1 atom stereocenters. The molecule has 0 radical (unpaired) electrons. The molecule has 0 N–H and O–H groups in total. The third kappa shape index (κ3) is 4.77. The van der Waals surface area contributed by atoms with E-state index in [2.05, 4.69) is 165 Å². The van der Waals surface area contributed by atoms with Crippen molar-refractivity contribution in [2.45, 2.75) is 12.3 Å². The number of benzene rings is 7. The van der Waals surface area contributed by atoms with Crippen LogP contribution in [-0.4, -0.2) is 9.97 Å². The molecule has 3 heteroatoms. The Bertz CT molecular complexity index is 2760. The van der Waals surface area contributed by atoms with Crippen molar-refractivity contribution in [2.24, 2.45) is 0 Å². The van der Waals surface area contributed by atoms with Gasteiger partial charge >= 0.3 is 0 Å². The third-order valence-electron chi connectivity index (χ3n) is 10.6. The van der Waals surface area contributed by atoms with Crippen LogP contribution in [0.2, 0.25) is 0 Å². The fourth-order valence-corrected chi connectivity index (χ4v) is 9.26. The molecule has 7 aromatic carbocycles. The zero-order chi connectivity index (χ0) is 33.9. The molecule has 0 saturated carbocycles. The van der Waals surface area contributed by atoms with Gasteiger partial charge in [-0.25, -0.2) is 9.97 Å². The average molecular weight is 669 g/mol. The Morgan fingerprint density at radius 1 is 0.431 bits per heavy atom. The average Bonchev–Trinajstić information content (AvgIpc) is 3.72. The maximum Gasteiger partial charge on any atom is 0.160 e. The van der Waals surface area contributed by atoms with Gasteiger partial charge in [0.05, 0.1) is 11.4 Å². The molecule has 0 fully saturated rings. The molecular formula is C48H32N2S. The van der Waals surface area contributed by atoms with Crippen molar-refractivity contribution in [3.8, 4) is 56.2 Å². The van der Waals surface area contributed by atoms with Crippen LogP contribution in [0, 0.1) is 0 Å². The third-order valence-corrected chi connectivity index (χ3v) is 11.8. The fourth-order valence-electron chi connectivity index (χ4n) is 8.02. The summed E-state index contributed by atoms with van der Waals surface area (Å²) in [6, 6.07) is 63.2. The molecule has 10 rings (SSSR count). The first kappa shape index (κ1) is 29.7. The molecule has 2 aromatic heterocycles. The van der Waals surface area contributed by atoms with Gasteiger partial charge in [0.2, 0.25) is 0 Å². The molecule has 1 aliphatic rings. The first-order valence-corrected chi connectivity index (χ1v) is 18.2. The van der Waals surface area contributed by atoms with E-state index in [1.54, 1.807) is 0 Å². The number of nitrogens with zero attached hydrogens (tertiary/aromatic N) is 2. The summed E-state index contributed by atoms with van der Waals surface area (Å²) in [5.74, 6) is 0.718. The minimum Gasteiger partial charge on any atom is -0.228 e. The summed E-state index contributed by atoms with van der Waals surface area (Å²) in [6.07, 6.45) is 0. The number of rotatable bonds is 5. The molecule has 9 aromatic rings. The van der Waals surface area contributed by atoms with E-state index < -0.39 is 0 Å². The van der Waals surface area contributed by atoms with E-state index in [0.717, 1.165) is 33.9 Å². The molecule has 2 nitrogen and oxygen atoms in total. The maximum atomic E-state index is 5.21. The highest BCUT2D eigenvalue weighted by atomic mass is 32.1. The van der Waals surface area contributed by atoms with Gasteiger partial charge in [0, 0.05) is 42.3 Å². The summed E-state index contributed by atoms with van der Waals surface area (Å²) >= 11 is 1.86. The summed E-state index contributed by atoms with van der Waals surface area (Å²) in [6.45, 7) is 2.36. The van der Waals surface area contributed by atoms with Gasteiger partial charge in [0.1, 0.15) is 0 Å². The van der Waals surface area contributed by atoms with E-state index in [1.165, 1.54) is 59.1 Å². The summed E-state index contributed by atoms with van der Waals surface area (Å²) in [7, 11) is 0. The smallest absolute Gasteiger partial charge is 0.160 e. The van der Waals surface area contributed by atoms with Crippen molar-refractivity contribution < 1.29 is 0 Å². The lowest BCUT2D eigenvalue weighted by atomic mass is 9.74. The van der Waals surface area contributed by atoms with Gasteiger partial charge in [-0.3, -0.25) is 0 Å². The van der Waals surface area contributed by atoms with Gasteiger partial charge in [-0.1, -0.05) is 152 Å². The fraction of sp³-hybridized carbons (Fsp3) is 0.0417. The van der Waals surface area contributed by atoms with Crippen LogP contribution >= 0.6 is 11.3 Å². The molecule has 0 spiro atoms. The van der Waals surface area contributed by atoms with Gasteiger partial charge < -0.3 is 0 Å². The van der Waals surface area contributed by atoms with Crippen LogP contribution in [0.3, 0.4) is 0 Å². The van der Waals surface area contributed by atoms with Crippen molar-refractivity contribution in [3.63, 3.8) is 0 Å². The van der Waals surface area contributed by atoms with Gasteiger partial charge in [-0.15, -0.1) is 11.3 Å². The highest BCUT2D eigenvalue weighted by molar-refractivity contribution is 7.26. The van der Waals surface area contributed by atoms with Crippen LogP contribution in [0.5, 0.6) is 0 Å². The minimum atomic E-state index is -0.241. The first-order valence-electron chi connectivity index (χ1n) is 17.4. The Kier molecular flexibility index (Phi) is 6.83. The quantitative estimate of drug-likeness (QED) is 0.182. The molecule has 0 aliphatic heterocycles. The number of fused-ring (bicyclic) bond motifs is 6. The van der Waals surface area contributed by atoms with Crippen molar-refractivity contribution >= 4 is 31.5 Å². The molecule has 51 heavy (non-hydrogen) atoms. The van der Waals surface area contributed by atoms with Crippen molar-refractivity contribution in [1.82, 2.24) is 9.97 Å². The lowest BCUT2D eigenvalue weighted by Gasteiger charge is -2.28. The summed E-state index contributed by atoms with van der Waals surface area (Å²) < 4.78 is 2.62. The van der Waals surface area contributed by atoms with Gasteiger partial charge in [-0.05, 0) is 70.1 Å². The molecule has 240 valence electrons. The predicted octanol–water partition coefficient (Wildman–Crippen LogP) is 12.8. The number of aromatic nitrogens is 2. The second-order valence-corrected chi connectivity index (χ2v) is 14.5.